The lowest BCUT2D eigenvalue weighted by atomic mass is 9.78. The number of methoxy groups -OCH3 is 1. The summed E-state index contributed by atoms with van der Waals surface area (Å²) in [5.74, 6) is 5.86. The average molecular weight is 331 g/mol. The zero-order valence-corrected chi connectivity index (χ0v) is 13.2. The standard InChI is InChI=1S/C13H23BrN4O/c1-3-18-11(10(14)9-16-18)12(17-15)13(19-2)7-5-4-6-8-13/h9,12,17H,3-8,15H2,1-2H3. The van der Waals surface area contributed by atoms with E-state index in [9.17, 15) is 0 Å². The second-order valence-electron chi connectivity index (χ2n) is 5.12. The molecule has 1 atom stereocenters. The number of hydrazine groups is 1. The SMILES string of the molecule is CCn1ncc(Br)c1C(NN)C1(OC)CCCCC1. The maximum atomic E-state index is 5.91. The quantitative estimate of drug-likeness (QED) is 0.643. The number of ether oxygens (including phenoxy) is 1. The average Bonchev–Trinajstić information content (AvgIpc) is 2.82. The van der Waals surface area contributed by atoms with Crippen LogP contribution >= 0.6 is 15.9 Å². The summed E-state index contributed by atoms with van der Waals surface area (Å²) in [4.78, 5) is 0. The molecule has 1 aliphatic carbocycles. The highest BCUT2D eigenvalue weighted by molar-refractivity contribution is 9.10. The normalized spacial score (nSPS) is 20.4. The first-order valence-corrected chi connectivity index (χ1v) is 7.70. The number of hydrogen-bond acceptors (Lipinski definition) is 4. The third-order valence-electron chi connectivity index (χ3n) is 4.21. The Labute approximate surface area is 123 Å². The van der Waals surface area contributed by atoms with Crippen LogP contribution in [0.25, 0.3) is 0 Å². The number of halogens is 1. The van der Waals surface area contributed by atoms with Crippen molar-refractivity contribution in [2.45, 2.75) is 57.2 Å². The van der Waals surface area contributed by atoms with Gasteiger partial charge in [-0.2, -0.15) is 5.10 Å². The maximum absolute atomic E-state index is 5.91. The van der Waals surface area contributed by atoms with E-state index in [1.165, 1.54) is 19.3 Å². The van der Waals surface area contributed by atoms with Crippen LogP contribution in [0.1, 0.15) is 50.8 Å². The zero-order valence-electron chi connectivity index (χ0n) is 11.7. The van der Waals surface area contributed by atoms with Gasteiger partial charge < -0.3 is 4.74 Å². The highest BCUT2D eigenvalue weighted by atomic mass is 79.9. The molecule has 1 aromatic rings. The summed E-state index contributed by atoms with van der Waals surface area (Å²) in [5.41, 5.74) is 3.81. The molecule has 2 rings (SSSR count). The van der Waals surface area contributed by atoms with Gasteiger partial charge in [0.25, 0.3) is 0 Å². The van der Waals surface area contributed by atoms with Gasteiger partial charge in [-0.25, -0.2) is 5.43 Å². The minimum Gasteiger partial charge on any atom is -0.376 e. The molecule has 0 aliphatic heterocycles. The summed E-state index contributed by atoms with van der Waals surface area (Å²) < 4.78 is 8.87. The fourth-order valence-electron chi connectivity index (χ4n) is 3.15. The number of nitrogens with one attached hydrogen (secondary N) is 1. The number of aryl methyl sites for hydroxylation is 1. The van der Waals surface area contributed by atoms with E-state index in [0.29, 0.717) is 0 Å². The van der Waals surface area contributed by atoms with E-state index >= 15 is 0 Å². The van der Waals surface area contributed by atoms with E-state index in [2.05, 4.69) is 33.4 Å². The third kappa shape index (κ3) is 2.72. The minimum absolute atomic E-state index is 0.0466. The van der Waals surface area contributed by atoms with Crippen molar-refractivity contribution in [1.82, 2.24) is 15.2 Å². The van der Waals surface area contributed by atoms with Crippen LogP contribution in [0.4, 0.5) is 0 Å². The summed E-state index contributed by atoms with van der Waals surface area (Å²) in [5, 5.41) is 4.38. The van der Waals surface area contributed by atoms with Crippen LogP contribution in [-0.2, 0) is 11.3 Å². The molecule has 3 N–H and O–H groups in total. The van der Waals surface area contributed by atoms with Gasteiger partial charge in [0, 0.05) is 13.7 Å². The van der Waals surface area contributed by atoms with Crippen molar-refractivity contribution in [1.29, 1.82) is 0 Å². The Morgan fingerprint density at radius 2 is 2.21 bits per heavy atom. The Balaban J connectivity index is 2.39. The predicted octanol–water partition coefficient (Wildman–Crippen LogP) is 2.52. The van der Waals surface area contributed by atoms with Gasteiger partial charge in [0.2, 0.25) is 0 Å². The molecule has 1 saturated carbocycles. The van der Waals surface area contributed by atoms with E-state index < -0.39 is 0 Å². The van der Waals surface area contributed by atoms with Crippen LogP contribution in [0.5, 0.6) is 0 Å². The molecule has 1 fully saturated rings. The molecule has 5 nitrogen and oxygen atoms in total. The van der Waals surface area contributed by atoms with Crippen LogP contribution < -0.4 is 11.3 Å². The molecule has 0 bridgehead atoms. The predicted molar refractivity (Wildman–Crippen MR) is 78.5 cm³/mol. The van der Waals surface area contributed by atoms with Crippen molar-refractivity contribution in [2.75, 3.05) is 7.11 Å². The van der Waals surface area contributed by atoms with E-state index in [1.54, 1.807) is 7.11 Å². The minimum atomic E-state index is -0.234. The Kier molecular flexibility index (Phi) is 5.00. The molecule has 1 aliphatic rings. The first kappa shape index (κ1) is 15.0. The Morgan fingerprint density at radius 3 is 2.74 bits per heavy atom. The third-order valence-corrected chi connectivity index (χ3v) is 4.82. The van der Waals surface area contributed by atoms with E-state index in [-0.39, 0.29) is 11.6 Å². The highest BCUT2D eigenvalue weighted by Gasteiger charge is 2.42. The van der Waals surface area contributed by atoms with E-state index in [1.807, 2.05) is 10.9 Å². The molecular weight excluding hydrogens is 308 g/mol. The molecule has 0 spiro atoms. The van der Waals surface area contributed by atoms with Crippen molar-refractivity contribution in [2.24, 2.45) is 5.84 Å². The molecule has 19 heavy (non-hydrogen) atoms. The van der Waals surface area contributed by atoms with Gasteiger partial charge in [-0.05, 0) is 35.7 Å². The van der Waals surface area contributed by atoms with Gasteiger partial charge in [0.15, 0.2) is 0 Å². The second kappa shape index (κ2) is 6.35. The molecule has 1 heterocycles. The smallest absolute Gasteiger partial charge is 0.0929 e. The van der Waals surface area contributed by atoms with Gasteiger partial charge in [0.1, 0.15) is 0 Å². The van der Waals surface area contributed by atoms with Crippen LogP contribution in [0, 0.1) is 0 Å². The van der Waals surface area contributed by atoms with Gasteiger partial charge in [-0.3, -0.25) is 10.5 Å². The fraction of sp³-hybridized carbons (Fsp3) is 0.769. The van der Waals surface area contributed by atoms with E-state index in [0.717, 1.165) is 29.6 Å². The molecule has 108 valence electrons. The van der Waals surface area contributed by atoms with Crippen molar-refractivity contribution in [3.05, 3.63) is 16.4 Å². The summed E-state index contributed by atoms with van der Waals surface area (Å²) in [6.45, 7) is 2.90. The lowest BCUT2D eigenvalue weighted by Gasteiger charge is -2.42. The molecule has 0 radical (unpaired) electrons. The summed E-state index contributed by atoms with van der Waals surface area (Å²) in [7, 11) is 1.79. The Morgan fingerprint density at radius 1 is 1.53 bits per heavy atom. The van der Waals surface area contributed by atoms with Gasteiger partial charge in [-0.1, -0.05) is 19.3 Å². The van der Waals surface area contributed by atoms with Crippen molar-refractivity contribution < 1.29 is 4.74 Å². The molecule has 6 heteroatoms. The lowest BCUT2D eigenvalue weighted by molar-refractivity contribution is -0.0709. The molecule has 0 aromatic carbocycles. The van der Waals surface area contributed by atoms with Gasteiger partial charge in [-0.15, -0.1) is 0 Å². The molecule has 1 aromatic heterocycles. The topological polar surface area (TPSA) is 65.1 Å². The highest BCUT2D eigenvalue weighted by Crippen LogP contribution is 2.42. The van der Waals surface area contributed by atoms with E-state index in [4.69, 9.17) is 10.6 Å². The van der Waals surface area contributed by atoms with Crippen molar-refractivity contribution in [3.63, 3.8) is 0 Å². The first-order valence-electron chi connectivity index (χ1n) is 6.91. The second-order valence-corrected chi connectivity index (χ2v) is 5.98. The zero-order chi connectivity index (χ0) is 13.9. The van der Waals surface area contributed by atoms with Gasteiger partial charge in [0.05, 0.1) is 28.0 Å². The van der Waals surface area contributed by atoms with Gasteiger partial charge >= 0.3 is 0 Å². The molecular formula is C13H23BrN4O. The number of rotatable bonds is 5. The summed E-state index contributed by atoms with van der Waals surface area (Å²) in [6, 6.07) is -0.0466. The Hall–Kier alpha value is -0.430. The van der Waals surface area contributed by atoms with Crippen LogP contribution in [0.2, 0.25) is 0 Å². The first-order chi connectivity index (χ1) is 9.18. The summed E-state index contributed by atoms with van der Waals surface area (Å²) >= 11 is 3.58. The number of nitrogens with zero attached hydrogens (tertiary/aromatic N) is 2. The van der Waals surface area contributed by atoms with Crippen molar-refractivity contribution in [3.8, 4) is 0 Å². The lowest BCUT2D eigenvalue weighted by Crippen LogP contribution is -2.50. The van der Waals surface area contributed by atoms with Crippen LogP contribution in [0.3, 0.4) is 0 Å². The summed E-state index contributed by atoms with van der Waals surface area (Å²) in [6.07, 6.45) is 7.53. The monoisotopic (exact) mass is 330 g/mol. The molecule has 0 saturated heterocycles. The fourth-order valence-corrected chi connectivity index (χ4v) is 3.68. The van der Waals surface area contributed by atoms with Crippen molar-refractivity contribution >= 4 is 15.9 Å². The number of aromatic nitrogens is 2. The number of hydrogen-bond donors (Lipinski definition) is 2. The number of nitrogens with two attached hydrogens (primary N) is 1. The molecule has 0 amide bonds. The Bertz CT molecular complexity index is 415. The maximum Gasteiger partial charge on any atom is 0.0929 e. The molecule has 1 unspecified atom stereocenters. The van der Waals surface area contributed by atoms with Crippen LogP contribution in [0.15, 0.2) is 10.7 Å². The largest absolute Gasteiger partial charge is 0.376 e. The van der Waals surface area contributed by atoms with Crippen LogP contribution in [-0.4, -0.2) is 22.5 Å².